The van der Waals surface area contributed by atoms with Gasteiger partial charge in [0, 0.05) is 49.1 Å². The van der Waals surface area contributed by atoms with Crippen LogP contribution in [0.1, 0.15) is 23.0 Å². The number of fused-ring (bicyclic) bond motifs is 1. The van der Waals surface area contributed by atoms with Gasteiger partial charge in [0.25, 0.3) is 11.6 Å². The molecule has 1 aliphatic heterocycles. The molecular formula is C22H20Cl2N4O4S. The summed E-state index contributed by atoms with van der Waals surface area (Å²) in [6.45, 7) is 4.26. The first-order chi connectivity index (χ1) is 15.8. The number of hydrogen-bond acceptors (Lipinski definition) is 6. The van der Waals surface area contributed by atoms with E-state index < -0.39 is 10.8 Å². The largest absolute Gasteiger partial charge is 0.366 e. The normalized spacial score (nSPS) is 13.9. The van der Waals surface area contributed by atoms with Gasteiger partial charge in [-0.3, -0.25) is 19.7 Å². The molecule has 1 aliphatic rings. The highest BCUT2D eigenvalue weighted by molar-refractivity contribution is 7.22. The molecule has 1 saturated heterocycles. The second-order valence-corrected chi connectivity index (χ2v) is 9.33. The van der Waals surface area contributed by atoms with Crippen molar-refractivity contribution in [3.05, 3.63) is 61.4 Å². The maximum atomic E-state index is 13.1. The molecule has 11 heteroatoms. The lowest BCUT2D eigenvalue weighted by molar-refractivity contribution is -0.382. The van der Waals surface area contributed by atoms with E-state index in [2.05, 4.69) is 10.2 Å². The number of nitro groups is 1. The summed E-state index contributed by atoms with van der Waals surface area (Å²) in [5.41, 5.74) is 1.19. The van der Waals surface area contributed by atoms with Crippen LogP contribution < -0.4 is 10.2 Å². The molecule has 0 spiro atoms. The molecule has 4 rings (SSSR count). The van der Waals surface area contributed by atoms with Crippen molar-refractivity contribution < 1.29 is 14.5 Å². The Morgan fingerprint density at radius 1 is 1.15 bits per heavy atom. The number of nitrogens with one attached hydrogen (secondary N) is 1. The van der Waals surface area contributed by atoms with Gasteiger partial charge in [-0.15, -0.1) is 11.3 Å². The third-order valence-electron chi connectivity index (χ3n) is 5.52. The van der Waals surface area contributed by atoms with Gasteiger partial charge >= 0.3 is 0 Å². The highest BCUT2D eigenvalue weighted by Crippen LogP contribution is 2.41. The van der Waals surface area contributed by atoms with Crippen molar-refractivity contribution >= 4 is 73.5 Å². The van der Waals surface area contributed by atoms with Gasteiger partial charge in [0.1, 0.15) is 9.58 Å². The topological polar surface area (TPSA) is 95.8 Å². The van der Waals surface area contributed by atoms with E-state index in [-0.39, 0.29) is 21.5 Å². The number of hydrogen-bond donors (Lipinski definition) is 1. The lowest BCUT2D eigenvalue weighted by Crippen LogP contribution is -2.48. The van der Waals surface area contributed by atoms with Crippen LogP contribution in [0.3, 0.4) is 0 Å². The van der Waals surface area contributed by atoms with Crippen LogP contribution in [0.4, 0.5) is 17.1 Å². The van der Waals surface area contributed by atoms with Gasteiger partial charge in [-0.05, 0) is 18.2 Å². The van der Waals surface area contributed by atoms with Crippen LogP contribution in [0.2, 0.25) is 10.0 Å². The summed E-state index contributed by atoms with van der Waals surface area (Å²) in [4.78, 5) is 40.1. The summed E-state index contributed by atoms with van der Waals surface area (Å²) in [5, 5.41) is 15.3. The van der Waals surface area contributed by atoms with Crippen LogP contribution in [-0.2, 0) is 4.79 Å². The number of halogens is 2. The summed E-state index contributed by atoms with van der Waals surface area (Å²) < 4.78 is 0.348. The number of piperazine rings is 1. The number of carbonyl (C=O) groups is 2. The van der Waals surface area contributed by atoms with Crippen molar-refractivity contribution in [3.63, 3.8) is 0 Å². The standard InChI is InChI=1S/C22H20Cl2N4O4S/c1-2-18(29)27-10-8-26(9-11-27)16-7-6-13(23)12-15(16)25-22(30)21-19(24)14-4-3-5-17(28(31)32)20(14)33-21/h3-7,12H,2,8-11H2,1H3,(H,25,30). The lowest BCUT2D eigenvalue weighted by Gasteiger charge is -2.37. The molecular weight excluding hydrogens is 487 g/mol. The molecule has 0 aliphatic carbocycles. The van der Waals surface area contributed by atoms with Gasteiger partial charge in [-0.1, -0.05) is 42.3 Å². The highest BCUT2D eigenvalue weighted by atomic mass is 35.5. The van der Waals surface area contributed by atoms with Gasteiger partial charge in [0.15, 0.2) is 0 Å². The average Bonchev–Trinajstić information content (AvgIpc) is 3.15. The fourth-order valence-electron chi connectivity index (χ4n) is 3.85. The third kappa shape index (κ3) is 4.62. The predicted molar refractivity (Wildman–Crippen MR) is 132 cm³/mol. The van der Waals surface area contributed by atoms with E-state index in [1.807, 2.05) is 17.9 Å². The molecule has 2 aromatic carbocycles. The fourth-order valence-corrected chi connectivity index (χ4v) is 5.51. The molecule has 1 N–H and O–H groups in total. The molecule has 8 nitrogen and oxygen atoms in total. The smallest absolute Gasteiger partial charge is 0.287 e. The van der Waals surface area contributed by atoms with Crippen molar-refractivity contribution in [1.29, 1.82) is 0 Å². The molecule has 1 fully saturated rings. The average molecular weight is 507 g/mol. The van der Waals surface area contributed by atoms with E-state index >= 15 is 0 Å². The minimum absolute atomic E-state index is 0.0959. The number of thiophene rings is 1. The summed E-state index contributed by atoms with van der Waals surface area (Å²) in [6.07, 6.45) is 0.469. The van der Waals surface area contributed by atoms with Gasteiger partial charge in [-0.25, -0.2) is 0 Å². The van der Waals surface area contributed by atoms with Gasteiger partial charge in [0.2, 0.25) is 5.91 Å². The lowest BCUT2D eigenvalue weighted by atomic mass is 10.2. The monoisotopic (exact) mass is 506 g/mol. The Morgan fingerprint density at radius 3 is 2.55 bits per heavy atom. The predicted octanol–water partition coefficient (Wildman–Crippen LogP) is 5.43. The minimum atomic E-state index is -0.491. The number of benzene rings is 2. The molecule has 0 saturated carbocycles. The molecule has 0 bridgehead atoms. The Bertz CT molecular complexity index is 1250. The van der Waals surface area contributed by atoms with E-state index in [4.69, 9.17) is 23.2 Å². The molecule has 2 heterocycles. The summed E-state index contributed by atoms with van der Waals surface area (Å²) in [7, 11) is 0. The number of nitrogens with zero attached hydrogens (tertiary/aromatic N) is 3. The van der Waals surface area contributed by atoms with E-state index in [1.54, 1.807) is 24.3 Å². The zero-order valence-corrected chi connectivity index (χ0v) is 20.0. The summed E-state index contributed by atoms with van der Waals surface area (Å²) in [6, 6.07) is 9.80. The molecule has 0 radical (unpaired) electrons. The van der Waals surface area contributed by atoms with Crippen LogP contribution in [0.25, 0.3) is 10.1 Å². The first-order valence-corrected chi connectivity index (χ1v) is 11.9. The van der Waals surface area contributed by atoms with Crippen molar-refractivity contribution in [3.8, 4) is 0 Å². The number of amides is 2. The van der Waals surface area contributed by atoms with Gasteiger partial charge in [-0.2, -0.15) is 0 Å². The Morgan fingerprint density at radius 2 is 1.88 bits per heavy atom. The second kappa shape index (κ2) is 9.54. The molecule has 1 aromatic heterocycles. The number of non-ortho nitro benzene ring substituents is 1. The van der Waals surface area contributed by atoms with Crippen LogP contribution in [0.5, 0.6) is 0 Å². The fraction of sp³-hybridized carbons (Fsp3) is 0.273. The quantitative estimate of drug-likeness (QED) is 0.367. The first kappa shape index (κ1) is 23.3. The van der Waals surface area contributed by atoms with Crippen LogP contribution >= 0.6 is 34.5 Å². The number of carbonyl (C=O) groups excluding carboxylic acids is 2. The zero-order chi connectivity index (χ0) is 23.7. The van der Waals surface area contributed by atoms with Crippen molar-refractivity contribution in [2.75, 3.05) is 36.4 Å². The maximum absolute atomic E-state index is 13.1. The van der Waals surface area contributed by atoms with Crippen molar-refractivity contribution in [1.82, 2.24) is 4.90 Å². The Hall–Kier alpha value is -2.88. The zero-order valence-electron chi connectivity index (χ0n) is 17.6. The van der Waals surface area contributed by atoms with E-state index in [1.165, 1.54) is 6.07 Å². The van der Waals surface area contributed by atoms with Crippen LogP contribution in [0.15, 0.2) is 36.4 Å². The Balaban J connectivity index is 1.61. The van der Waals surface area contributed by atoms with Crippen LogP contribution in [-0.4, -0.2) is 47.8 Å². The number of rotatable bonds is 5. The Labute approximate surface area is 203 Å². The molecule has 2 amide bonds. The maximum Gasteiger partial charge on any atom is 0.287 e. The first-order valence-electron chi connectivity index (χ1n) is 10.3. The number of anilines is 2. The van der Waals surface area contributed by atoms with E-state index in [0.717, 1.165) is 17.0 Å². The summed E-state index contributed by atoms with van der Waals surface area (Å²) in [5.74, 6) is -0.355. The highest BCUT2D eigenvalue weighted by Gasteiger charge is 2.25. The molecule has 33 heavy (non-hydrogen) atoms. The van der Waals surface area contributed by atoms with Crippen molar-refractivity contribution in [2.24, 2.45) is 0 Å². The van der Waals surface area contributed by atoms with Gasteiger partial charge in [0.05, 0.1) is 21.3 Å². The minimum Gasteiger partial charge on any atom is -0.366 e. The summed E-state index contributed by atoms with van der Waals surface area (Å²) >= 11 is 13.6. The molecule has 0 atom stereocenters. The molecule has 172 valence electrons. The molecule has 0 unspecified atom stereocenters. The Kier molecular flexibility index (Phi) is 6.73. The SMILES string of the molecule is CCC(=O)N1CCN(c2ccc(Cl)cc2NC(=O)c2sc3c([N+](=O)[O-])cccc3c2Cl)CC1. The van der Waals surface area contributed by atoms with E-state index in [9.17, 15) is 19.7 Å². The van der Waals surface area contributed by atoms with Crippen LogP contribution in [0, 0.1) is 10.1 Å². The van der Waals surface area contributed by atoms with Gasteiger partial charge < -0.3 is 15.1 Å². The van der Waals surface area contributed by atoms with E-state index in [0.29, 0.717) is 53.4 Å². The number of nitro benzene ring substituents is 1. The molecule has 3 aromatic rings. The third-order valence-corrected chi connectivity index (χ3v) is 7.49. The van der Waals surface area contributed by atoms with Crippen molar-refractivity contribution in [2.45, 2.75) is 13.3 Å². The second-order valence-electron chi connectivity index (χ2n) is 7.49.